The molecule has 0 aromatic heterocycles. The molecule has 5 unspecified atom stereocenters. The predicted octanol–water partition coefficient (Wildman–Crippen LogP) is 5.73. The van der Waals surface area contributed by atoms with Gasteiger partial charge in [-0.05, 0) is 50.9 Å². The van der Waals surface area contributed by atoms with Crippen molar-refractivity contribution in [3.8, 4) is 0 Å². The highest BCUT2D eigenvalue weighted by atomic mass is 19.2. The van der Waals surface area contributed by atoms with Crippen molar-refractivity contribution in [1.29, 1.82) is 0 Å². The lowest BCUT2D eigenvalue weighted by molar-refractivity contribution is -0.155. The summed E-state index contributed by atoms with van der Waals surface area (Å²) in [7, 11) is 0. The van der Waals surface area contributed by atoms with Crippen LogP contribution in [-0.4, -0.2) is 37.3 Å². The fourth-order valence-corrected chi connectivity index (χ4v) is 3.77. The van der Waals surface area contributed by atoms with Gasteiger partial charge in [0.2, 0.25) is 0 Å². The summed E-state index contributed by atoms with van der Waals surface area (Å²) in [5.41, 5.74) is 0. The molecular formula is C20H38F2O2. The Labute approximate surface area is 147 Å². The van der Waals surface area contributed by atoms with Crippen molar-refractivity contribution in [2.75, 3.05) is 6.61 Å². The summed E-state index contributed by atoms with van der Waals surface area (Å²) < 4.78 is 40.1. The third-order valence-corrected chi connectivity index (χ3v) is 5.25. The molecule has 0 N–H and O–H groups in total. The van der Waals surface area contributed by atoms with Crippen LogP contribution < -0.4 is 0 Å². The van der Waals surface area contributed by atoms with Crippen molar-refractivity contribution in [3.05, 3.63) is 0 Å². The largest absolute Gasteiger partial charge is 0.375 e. The minimum atomic E-state index is -1.58. The summed E-state index contributed by atoms with van der Waals surface area (Å²) in [6.07, 6.45) is 0.805. The highest BCUT2D eigenvalue weighted by Gasteiger charge is 2.45. The van der Waals surface area contributed by atoms with E-state index < -0.39 is 24.6 Å². The molecule has 0 bridgehead atoms. The fraction of sp³-hybridized carbons (Fsp3) is 1.00. The number of hydrogen-bond donors (Lipinski definition) is 0. The van der Waals surface area contributed by atoms with E-state index in [1.165, 1.54) is 12.8 Å². The standard InChI is InChI=1S/C18H32F2O2.C2H6/c1-11(2)22-18-13(4)9-15(16(19)17(18)20)21-10-14-7-5-12(3)6-8-14;1-2/h11-18H,5-10H2,1-4H3;1-2H3. The molecule has 0 aromatic carbocycles. The van der Waals surface area contributed by atoms with E-state index in [2.05, 4.69) is 6.92 Å². The van der Waals surface area contributed by atoms with E-state index in [-0.39, 0.29) is 12.0 Å². The van der Waals surface area contributed by atoms with Crippen LogP contribution in [-0.2, 0) is 9.47 Å². The quantitative estimate of drug-likeness (QED) is 0.631. The molecule has 2 saturated carbocycles. The van der Waals surface area contributed by atoms with Crippen molar-refractivity contribution in [2.24, 2.45) is 17.8 Å². The zero-order chi connectivity index (χ0) is 18.3. The molecule has 0 spiro atoms. The predicted molar refractivity (Wildman–Crippen MR) is 95.8 cm³/mol. The smallest absolute Gasteiger partial charge is 0.160 e. The number of ether oxygens (including phenoxy) is 2. The van der Waals surface area contributed by atoms with Crippen LogP contribution in [0.2, 0.25) is 0 Å². The third-order valence-electron chi connectivity index (χ3n) is 5.25. The van der Waals surface area contributed by atoms with Gasteiger partial charge in [-0.2, -0.15) is 0 Å². The van der Waals surface area contributed by atoms with E-state index in [1.807, 2.05) is 34.6 Å². The first-order valence-corrected chi connectivity index (χ1v) is 9.93. The lowest BCUT2D eigenvalue weighted by Crippen LogP contribution is -2.51. The maximum Gasteiger partial charge on any atom is 0.160 e. The van der Waals surface area contributed by atoms with E-state index >= 15 is 0 Å². The molecular weight excluding hydrogens is 310 g/mol. The Morgan fingerprint density at radius 2 is 1.54 bits per heavy atom. The second-order valence-corrected chi connectivity index (χ2v) is 7.75. The Hall–Kier alpha value is -0.220. The topological polar surface area (TPSA) is 18.5 Å². The number of rotatable bonds is 5. The maximum absolute atomic E-state index is 14.4. The first-order valence-electron chi connectivity index (χ1n) is 9.93. The van der Waals surface area contributed by atoms with Gasteiger partial charge in [-0.15, -0.1) is 0 Å². The number of hydrogen-bond acceptors (Lipinski definition) is 2. The van der Waals surface area contributed by atoms with Crippen molar-refractivity contribution >= 4 is 0 Å². The van der Waals surface area contributed by atoms with E-state index in [4.69, 9.17) is 9.47 Å². The summed E-state index contributed by atoms with van der Waals surface area (Å²) in [5.74, 6) is 1.30. The van der Waals surface area contributed by atoms with Gasteiger partial charge in [0.05, 0.1) is 18.3 Å². The van der Waals surface area contributed by atoms with Crippen LogP contribution in [0.5, 0.6) is 0 Å². The summed E-state index contributed by atoms with van der Waals surface area (Å²) in [6.45, 7) is 12.5. The molecule has 0 heterocycles. The van der Waals surface area contributed by atoms with Gasteiger partial charge in [0, 0.05) is 6.61 Å². The molecule has 2 fully saturated rings. The van der Waals surface area contributed by atoms with Gasteiger partial charge in [0.25, 0.3) is 0 Å². The Bertz CT molecular complexity index is 330. The Morgan fingerprint density at radius 3 is 2.08 bits per heavy atom. The molecule has 0 radical (unpaired) electrons. The average molecular weight is 349 g/mol. The molecule has 5 atom stereocenters. The molecule has 2 aliphatic carbocycles. The molecule has 0 amide bonds. The van der Waals surface area contributed by atoms with Crippen LogP contribution in [0.3, 0.4) is 0 Å². The lowest BCUT2D eigenvalue weighted by atomic mass is 9.82. The minimum absolute atomic E-state index is 0.0132. The van der Waals surface area contributed by atoms with Gasteiger partial charge in [0.15, 0.2) is 12.3 Å². The first kappa shape index (κ1) is 21.8. The maximum atomic E-state index is 14.4. The van der Waals surface area contributed by atoms with E-state index in [1.54, 1.807) is 0 Å². The molecule has 2 rings (SSSR count). The molecule has 4 heteroatoms. The number of halogens is 2. The van der Waals surface area contributed by atoms with Crippen molar-refractivity contribution < 1.29 is 18.3 Å². The second kappa shape index (κ2) is 10.7. The number of alkyl halides is 2. The normalized spacial score (nSPS) is 40.1. The Morgan fingerprint density at radius 1 is 0.958 bits per heavy atom. The average Bonchev–Trinajstić information content (AvgIpc) is 2.57. The van der Waals surface area contributed by atoms with Crippen molar-refractivity contribution in [3.63, 3.8) is 0 Å². The highest BCUT2D eigenvalue weighted by Crippen LogP contribution is 2.35. The molecule has 2 nitrogen and oxygen atoms in total. The summed E-state index contributed by atoms with van der Waals surface area (Å²) >= 11 is 0. The van der Waals surface area contributed by atoms with Crippen LogP contribution in [0.4, 0.5) is 8.78 Å². The lowest BCUT2D eigenvalue weighted by Gasteiger charge is -2.40. The van der Waals surface area contributed by atoms with Crippen LogP contribution >= 0.6 is 0 Å². The van der Waals surface area contributed by atoms with Crippen LogP contribution in [0.1, 0.15) is 73.6 Å². The summed E-state index contributed by atoms with van der Waals surface area (Å²) in [6, 6.07) is 0. The van der Waals surface area contributed by atoms with Gasteiger partial charge in [-0.1, -0.05) is 40.5 Å². The van der Waals surface area contributed by atoms with E-state index in [0.717, 1.165) is 18.8 Å². The highest BCUT2D eigenvalue weighted by molar-refractivity contribution is 4.94. The molecule has 24 heavy (non-hydrogen) atoms. The van der Waals surface area contributed by atoms with Crippen molar-refractivity contribution in [1.82, 2.24) is 0 Å². The van der Waals surface area contributed by atoms with Crippen molar-refractivity contribution in [2.45, 2.75) is 104 Å². The molecule has 144 valence electrons. The molecule has 0 aliphatic heterocycles. The van der Waals surface area contributed by atoms with E-state index in [9.17, 15) is 8.78 Å². The van der Waals surface area contributed by atoms with Gasteiger partial charge >= 0.3 is 0 Å². The van der Waals surface area contributed by atoms with Crippen LogP contribution in [0, 0.1) is 17.8 Å². The van der Waals surface area contributed by atoms with Gasteiger partial charge in [-0.3, -0.25) is 0 Å². The first-order chi connectivity index (χ1) is 11.4. The third kappa shape index (κ3) is 6.25. The molecule has 2 aliphatic rings. The minimum Gasteiger partial charge on any atom is -0.375 e. The zero-order valence-corrected chi connectivity index (χ0v) is 16.4. The van der Waals surface area contributed by atoms with Crippen LogP contribution in [0.15, 0.2) is 0 Å². The molecule has 0 aromatic rings. The summed E-state index contributed by atoms with van der Waals surface area (Å²) in [4.78, 5) is 0. The second-order valence-electron chi connectivity index (χ2n) is 7.75. The summed E-state index contributed by atoms with van der Waals surface area (Å²) in [5, 5.41) is 0. The molecule has 0 saturated heterocycles. The Kier molecular flexibility index (Phi) is 9.73. The Balaban J connectivity index is 0.00000139. The van der Waals surface area contributed by atoms with Gasteiger partial charge in [-0.25, -0.2) is 8.78 Å². The van der Waals surface area contributed by atoms with E-state index in [0.29, 0.717) is 18.9 Å². The zero-order valence-electron chi connectivity index (χ0n) is 16.4. The van der Waals surface area contributed by atoms with Crippen LogP contribution in [0.25, 0.3) is 0 Å². The van der Waals surface area contributed by atoms with Gasteiger partial charge < -0.3 is 9.47 Å². The fourth-order valence-electron chi connectivity index (χ4n) is 3.77. The SMILES string of the molecule is CC.CC1CCC(COC2CC(C)C(OC(C)C)C(F)C2F)CC1. The van der Waals surface area contributed by atoms with Gasteiger partial charge in [0.1, 0.15) is 0 Å². The monoisotopic (exact) mass is 348 g/mol.